The van der Waals surface area contributed by atoms with Crippen molar-refractivity contribution in [3.63, 3.8) is 0 Å². The van der Waals surface area contributed by atoms with Gasteiger partial charge in [-0.25, -0.2) is 0 Å². The number of morpholine rings is 1. The molecule has 3 aromatic heterocycles. The number of nitrogens with zero attached hydrogens (tertiary/aromatic N) is 8. The highest BCUT2D eigenvalue weighted by Crippen LogP contribution is 2.34. The molecule has 6 rings (SSSR count). The van der Waals surface area contributed by atoms with Gasteiger partial charge in [0.25, 0.3) is 11.5 Å². The first-order valence-electron chi connectivity index (χ1n) is 15.5. The van der Waals surface area contributed by atoms with Gasteiger partial charge in [-0.1, -0.05) is 23.7 Å². The van der Waals surface area contributed by atoms with Crippen LogP contribution in [-0.4, -0.2) is 97.6 Å². The van der Waals surface area contributed by atoms with Crippen LogP contribution >= 0.6 is 11.6 Å². The topological polar surface area (TPSA) is 164 Å². The molecule has 2 atom stereocenters. The van der Waals surface area contributed by atoms with E-state index < -0.39 is 29.1 Å². The summed E-state index contributed by atoms with van der Waals surface area (Å²) >= 11 is 6.11. The Kier molecular flexibility index (Phi) is 9.19. The van der Waals surface area contributed by atoms with Gasteiger partial charge in [0.05, 0.1) is 34.2 Å². The van der Waals surface area contributed by atoms with E-state index in [1.165, 1.54) is 4.90 Å². The van der Waals surface area contributed by atoms with Gasteiger partial charge in [0.15, 0.2) is 12.0 Å². The zero-order valence-corrected chi connectivity index (χ0v) is 27.5. The summed E-state index contributed by atoms with van der Waals surface area (Å²) in [6, 6.07) is 2.62. The average molecular weight is 708 g/mol. The van der Waals surface area contributed by atoms with Crippen LogP contribution in [0, 0.1) is 0 Å². The van der Waals surface area contributed by atoms with Crippen molar-refractivity contribution in [2.24, 2.45) is 0 Å². The van der Waals surface area contributed by atoms with Gasteiger partial charge in [-0.3, -0.25) is 14.4 Å². The van der Waals surface area contributed by atoms with Crippen molar-refractivity contribution in [3.05, 3.63) is 56.8 Å². The zero-order chi connectivity index (χ0) is 35.2. The molecule has 2 amide bonds. The molecule has 15 nitrogen and oxygen atoms in total. The molecule has 0 spiro atoms. The highest BCUT2D eigenvalue weighted by atomic mass is 35.5. The first kappa shape index (κ1) is 34.0. The maximum atomic E-state index is 14.2. The van der Waals surface area contributed by atoms with Crippen LogP contribution in [0.1, 0.15) is 42.5 Å². The van der Waals surface area contributed by atoms with E-state index in [1.54, 1.807) is 9.47 Å². The Morgan fingerprint density at radius 2 is 1.80 bits per heavy atom. The lowest BCUT2D eigenvalue weighted by Gasteiger charge is -2.36. The predicted octanol–water partition coefficient (Wildman–Crippen LogP) is 3.03. The molecule has 0 radical (unpaired) electrons. The number of benzene rings is 1. The Morgan fingerprint density at radius 3 is 2.39 bits per heavy atom. The molecule has 0 aliphatic carbocycles. The van der Waals surface area contributed by atoms with E-state index in [4.69, 9.17) is 21.3 Å². The number of rotatable bonds is 7. The number of carbonyl (C=O) groups is 2. The number of amides is 2. The third kappa shape index (κ3) is 6.74. The molecule has 2 saturated heterocycles. The Morgan fingerprint density at radius 1 is 1.10 bits per heavy atom. The summed E-state index contributed by atoms with van der Waals surface area (Å²) < 4.78 is 52.8. The van der Waals surface area contributed by atoms with Crippen LogP contribution in [0.25, 0.3) is 5.78 Å². The van der Waals surface area contributed by atoms with Gasteiger partial charge < -0.3 is 39.0 Å². The van der Waals surface area contributed by atoms with Gasteiger partial charge >= 0.3 is 6.18 Å². The summed E-state index contributed by atoms with van der Waals surface area (Å²) in [6.45, 7) is 7.01. The molecule has 5 heterocycles. The molecule has 4 aromatic rings. The molecule has 0 saturated carbocycles. The lowest BCUT2D eigenvalue weighted by Crippen LogP contribution is -2.51. The van der Waals surface area contributed by atoms with E-state index in [9.17, 15) is 32.7 Å². The van der Waals surface area contributed by atoms with Gasteiger partial charge in [0, 0.05) is 39.3 Å². The van der Waals surface area contributed by atoms with Gasteiger partial charge in [-0.05, 0) is 38.5 Å². The molecule has 1 aromatic carbocycles. The van der Waals surface area contributed by atoms with E-state index in [0.717, 1.165) is 29.0 Å². The maximum Gasteiger partial charge on any atom is 0.416 e. The first-order chi connectivity index (χ1) is 23.2. The third-order valence-electron chi connectivity index (χ3n) is 8.36. The summed E-state index contributed by atoms with van der Waals surface area (Å²) in [4.78, 5) is 50.5. The minimum absolute atomic E-state index is 0.0209. The third-order valence-corrected chi connectivity index (χ3v) is 8.67. The number of aromatic hydroxyl groups is 1. The number of ether oxygens (including phenoxy) is 1. The highest BCUT2D eigenvalue weighted by molar-refractivity contribution is 6.33. The quantitative estimate of drug-likeness (QED) is 0.290. The fourth-order valence-corrected chi connectivity index (χ4v) is 6.41. The molecule has 2 aliphatic heterocycles. The Hall–Kier alpha value is -4.84. The molecule has 2 aliphatic rings. The normalized spacial score (nSPS) is 18.7. The van der Waals surface area contributed by atoms with Crippen molar-refractivity contribution in [2.75, 3.05) is 54.4 Å². The van der Waals surface area contributed by atoms with E-state index in [0.29, 0.717) is 18.8 Å². The number of fused-ring (bicyclic) bond motifs is 1. The number of anilines is 3. The number of hydrogen-bond acceptors (Lipinski definition) is 11. The second-order valence-electron chi connectivity index (χ2n) is 11.9. The van der Waals surface area contributed by atoms with Crippen molar-refractivity contribution >= 4 is 46.5 Å². The van der Waals surface area contributed by atoms with Gasteiger partial charge in [0.2, 0.25) is 23.3 Å². The fraction of sp³-hybridized carbons (Fsp3) is 0.467. The van der Waals surface area contributed by atoms with Crippen LogP contribution < -0.4 is 20.7 Å². The summed E-state index contributed by atoms with van der Waals surface area (Å²) in [5.41, 5.74) is -0.955. The fourth-order valence-electron chi connectivity index (χ4n) is 6.18. The Labute approximate surface area is 281 Å². The molecule has 19 heteroatoms. The molecule has 0 bridgehead atoms. The van der Waals surface area contributed by atoms with E-state index in [-0.39, 0.29) is 90.9 Å². The van der Waals surface area contributed by atoms with E-state index >= 15 is 0 Å². The Bertz CT molecular complexity index is 1940. The summed E-state index contributed by atoms with van der Waals surface area (Å²) in [6.07, 6.45) is -3.63. The summed E-state index contributed by atoms with van der Waals surface area (Å²) in [5.74, 6) is -1.18. The van der Waals surface area contributed by atoms with Gasteiger partial charge in [-0.2, -0.15) is 22.7 Å². The standard InChI is InChI=1S/C30H33ClF3N9O6/c1-4-21-25(39-7-9-40(10-8-39)26(46)24-22(44)15-48-38-24)27(47)43-29(36-28(37-43)41-12-16(2)49-17(3)13-41)42(21)14-23(45)35-20-6-5-18(11-19(20)31)30(32,33)34/h5-6,11,15-17,44H,4,7-10,12-14H2,1-3H3,(H,35,45)/t16-,17+. The molecule has 0 unspecified atom stereocenters. The van der Waals surface area contributed by atoms with E-state index in [2.05, 4.69) is 20.1 Å². The molecule has 49 heavy (non-hydrogen) atoms. The average Bonchev–Trinajstić information content (AvgIpc) is 3.69. The maximum absolute atomic E-state index is 14.2. The second-order valence-corrected chi connectivity index (χ2v) is 12.3. The van der Waals surface area contributed by atoms with Crippen LogP contribution in [0.2, 0.25) is 5.02 Å². The van der Waals surface area contributed by atoms with Gasteiger partial charge in [0.1, 0.15) is 12.2 Å². The molecule has 2 N–H and O–H groups in total. The smallest absolute Gasteiger partial charge is 0.416 e. The van der Waals surface area contributed by atoms with Crippen LogP contribution in [-0.2, 0) is 28.7 Å². The largest absolute Gasteiger partial charge is 0.503 e. The highest BCUT2D eigenvalue weighted by Gasteiger charge is 2.33. The number of piperazine rings is 1. The molecular weight excluding hydrogens is 675 g/mol. The number of alkyl halides is 3. The number of carbonyl (C=O) groups excluding carboxylic acids is 2. The minimum atomic E-state index is -4.61. The molecule has 2 fully saturated rings. The number of halogens is 4. The van der Waals surface area contributed by atoms with Crippen molar-refractivity contribution in [1.82, 2.24) is 29.2 Å². The number of nitrogens with one attached hydrogen (secondary N) is 1. The van der Waals surface area contributed by atoms with Crippen LogP contribution in [0.3, 0.4) is 0 Å². The van der Waals surface area contributed by atoms with E-state index in [1.807, 2.05) is 25.7 Å². The molecular formula is C30H33ClF3N9O6. The minimum Gasteiger partial charge on any atom is -0.503 e. The molecule has 262 valence electrons. The lowest BCUT2D eigenvalue weighted by atomic mass is 10.2. The SMILES string of the molecule is CCc1c(N2CCN(C(=O)c3nocc3O)CC2)c(=O)n2nc(N3C[C@@H](C)O[C@@H](C)C3)nc2n1CC(=O)Nc1ccc(C(F)(F)F)cc1Cl. The monoisotopic (exact) mass is 707 g/mol. The van der Waals surface area contributed by atoms with Crippen molar-refractivity contribution in [2.45, 2.75) is 52.1 Å². The summed E-state index contributed by atoms with van der Waals surface area (Å²) in [5, 5.41) is 20.3. The van der Waals surface area contributed by atoms with Gasteiger partial charge in [-0.15, -0.1) is 5.10 Å². The van der Waals surface area contributed by atoms with Crippen LogP contribution in [0.4, 0.5) is 30.5 Å². The van der Waals surface area contributed by atoms with Crippen LogP contribution in [0.15, 0.2) is 33.8 Å². The number of aromatic nitrogens is 5. The Balaban J connectivity index is 1.36. The van der Waals surface area contributed by atoms with Crippen molar-refractivity contribution in [3.8, 4) is 5.75 Å². The van der Waals surface area contributed by atoms with Crippen molar-refractivity contribution < 1.29 is 37.1 Å². The lowest BCUT2D eigenvalue weighted by molar-refractivity contribution is -0.137. The summed E-state index contributed by atoms with van der Waals surface area (Å²) in [7, 11) is 0. The first-order valence-corrected chi connectivity index (χ1v) is 15.9. The predicted molar refractivity (Wildman–Crippen MR) is 170 cm³/mol. The zero-order valence-electron chi connectivity index (χ0n) is 26.7. The van der Waals surface area contributed by atoms with Crippen LogP contribution in [0.5, 0.6) is 5.75 Å². The van der Waals surface area contributed by atoms with Crippen molar-refractivity contribution in [1.29, 1.82) is 0 Å². The second kappa shape index (κ2) is 13.2. The number of hydrogen-bond donors (Lipinski definition) is 2.